The fourth-order valence-electron chi connectivity index (χ4n) is 1.44. The molecule has 0 aliphatic heterocycles. The lowest BCUT2D eigenvalue weighted by atomic mass is 10.0. The van der Waals surface area contributed by atoms with E-state index in [0.717, 1.165) is 6.07 Å². The first kappa shape index (κ1) is 15.2. The van der Waals surface area contributed by atoms with E-state index >= 15 is 0 Å². The summed E-state index contributed by atoms with van der Waals surface area (Å²) in [6, 6.07) is 2.01. The van der Waals surface area contributed by atoms with E-state index in [9.17, 15) is 27.8 Å². The van der Waals surface area contributed by atoms with E-state index in [0.29, 0.717) is 12.1 Å². The summed E-state index contributed by atoms with van der Waals surface area (Å²) in [5.74, 6) is -1.42. The minimum absolute atomic E-state index is 0.0470. The van der Waals surface area contributed by atoms with Crippen LogP contribution < -0.4 is 0 Å². The van der Waals surface area contributed by atoms with E-state index in [1.165, 1.54) is 0 Å². The molecule has 18 heavy (non-hydrogen) atoms. The van der Waals surface area contributed by atoms with Crippen LogP contribution in [0.25, 0.3) is 0 Å². The molecule has 7 heteroatoms. The Morgan fingerprint density at radius 1 is 1.22 bits per heavy atom. The maximum absolute atomic E-state index is 13.2. The quantitative estimate of drug-likeness (QED) is 0.660. The molecule has 0 saturated carbocycles. The molecule has 1 aromatic carbocycles. The van der Waals surface area contributed by atoms with E-state index in [1.54, 1.807) is 0 Å². The van der Waals surface area contributed by atoms with Crippen molar-refractivity contribution in [2.45, 2.75) is 24.8 Å². The molecule has 102 valence electrons. The zero-order valence-corrected chi connectivity index (χ0v) is 9.84. The molecule has 0 radical (unpaired) electrons. The summed E-state index contributed by atoms with van der Waals surface area (Å²) < 4.78 is 50.1. The molecule has 1 rings (SSSR count). The Kier molecular flexibility index (Phi) is 4.95. The number of benzene rings is 1. The average Bonchev–Trinajstić information content (AvgIpc) is 2.26. The van der Waals surface area contributed by atoms with Crippen LogP contribution in [0.1, 0.15) is 23.7 Å². The Bertz CT molecular complexity index is 409. The molecular weight excluding hydrogens is 276 g/mol. The summed E-state index contributed by atoms with van der Waals surface area (Å²) in [6.45, 7) is 0. The van der Waals surface area contributed by atoms with Gasteiger partial charge in [0.25, 0.3) is 0 Å². The van der Waals surface area contributed by atoms with Crippen molar-refractivity contribution in [2.24, 2.45) is 0 Å². The first-order valence-electron chi connectivity index (χ1n) is 5.06. The van der Waals surface area contributed by atoms with E-state index in [1.807, 2.05) is 0 Å². The Hall–Kier alpha value is -0.850. The number of hydrogen-bond donors (Lipinski definition) is 2. The number of aliphatic hydroxyl groups excluding tert-OH is 2. The zero-order valence-electron chi connectivity index (χ0n) is 9.09. The smallest absolute Gasteiger partial charge is 0.390 e. The summed E-state index contributed by atoms with van der Waals surface area (Å²) in [7, 11) is 0. The highest BCUT2D eigenvalue weighted by atomic mass is 35.5. The van der Waals surface area contributed by atoms with Crippen LogP contribution in [0, 0.1) is 5.82 Å². The standard InChI is InChI=1S/C11H11ClF4O2/c12-4-3-9(17)10(18)6-1-2-7(8(13)5-6)11(14,15)16/h1-2,5,9-10,17-18H,3-4H2. The fraction of sp³-hybridized carbons (Fsp3) is 0.455. The molecule has 2 nitrogen and oxygen atoms in total. The molecule has 0 heterocycles. The predicted octanol–water partition coefficient (Wildman–Crippen LogP) is 2.87. The minimum Gasteiger partial charge on any atom is -0.390 e. The number of alkyl halides is 4. The molecule has 1 aromatic rings. The predicted molar refractivity (Wildman–Crippen MR) is 57.7 cm³/mol. The summed E-state index contributed by atoms with van der Waals surface area (Å²) in [5.41, 5.74) is -1.54. The van der Waals surface area contributed by atoms with Crippen LogP contribution in [-0.2, 0) is 6.18 Å². The van der Waals surface area contributed by atoms with E-state index in [4.69, 9.17) is 11.6 Å². The van der Waals surface area contributed by atoms with Crippen LogP contribution in [-0.4, -0.2) is 22.2 Å². The third-order valence-electron chi connectivity index (χ3n) is 2.41. The van der Waals surface area contributed by atoms with Crippen LogP contribution in [0.3, 0.4) is 0 Å². The fourth-order valence-corrected chi connectivity index (χ4v) is 1.66. The van der Waals surface area contributed by atoms with E-state index in [-0.39, 0.29) is 17.9 Å². The van der Waals surface area contributed by atoms with Crippen LogP contribution in [0.4, 0.5) is 17.6 Å². The Morgan fingerprint density at radius 2 is 1.83 bits per heavy atom. The molecule has 2 N–H and O–H groups in total. The first-order valence-corrected chi connectivity index (χ1v) is 5.59. The Labute approximate surface area is 106 Å². The number of hydrogen-bond acceptors (Lipinski definition) is 2. The molecule has 2 unspecified atom stereocenters. The van der Waals surface area contributed by atoms with Gasteiger partial charge in [-0.3, -0.25) is 0 Å². The van der Waals surface area contributed by atoms with Crippen molar-refractivity contribution in [1.82, 2.24) is 0 Å². The van der Waals surface area contributed by atoms with Crippen LogP contribution in [0.2, 0.25) is 0 Å². The third kappa shape index (κ3) is 3.57. The largest absolute Gasteiger partial charge is 0.419 e. The van der Waals surface area contributed by atoms with Crippen LogP contribution in [0.15, 0.2) is 18.2 Å². The lowest BCUT2D eigenvalue weighted by molar-refractivity contribution is -0.140. The summed E-state index contributed by atoms with van der Waals surface area (Å²) in [4.78, 5) is 0. The molecule has 0 spiro atoms. The van der Waals surface area contributed by atoms with Crippen molar-refractivity contribution in [2.75, 3.05) is 5.88 Å². The highest BCUT2D eigenvalue weighted by Crippen LogP contribution is 2.33. The van der Waals surface area contributed by atoms with Crippen molar-refractivity contribution < 1.29 is 27.8 Å². The third-order valence-corrected chi connectivity index (χ3v) is 2.63. The maximum Gasteiger partial charge on any atom is 0.419 e. The molecule has 0 amide bonds. The molecule has 2 atom stereocenters. The van der Waals surface area contributed by atoms with Gasteiger partial charge in [0.15, 0.2) is 0 Å². The van der Waals surface area contributed by atoms with E-state index in [2.05, 4.69) is 0 Å². The van der Waals surface area contributed by atoms with Gasteiger partial charge in [-0.05, 0) is 24.1 Å². The zero-order chi connectivity index (χ0) is 13.9. The molecule has 0 fully saturated rings. The number of rotatable bonds is 4. The minimum atomic E-state index is -4.79. The highest BCUT2D eigenvalue weighted by molar-refractivity contribution is 6.17. The van der Waals surface area contributed by atoms with Gasteiger partial charge in [0.1, 0.15) is 11.9 Å². The van der Waals surface area contributed by atoms with Gasteiger partial charge >= 0.3 is 6.18 Å². The summed E-state index contributed by atoms with van der Waals surface area (Å²) in [5, 5.41) is 19.0. The van der Waals surface area contributed by atoms with Crippen LogP contribution >= 0.6 is 11.6 Å². The summed E-state index contributed by atoms with van der Waals surface area (Å²) in [6.07, 6.45) is -7.47. The SMILES string of the molecule is OC(CCCl)C(O)c1ccc(C(F)(F)F)c(F)c1. The van der Waals surface area contributed by atoms with Gasteiger partial charge in [0, 0.05) is 5.88 Å². The van der Waals surface area contributed by atoms with Crippen molar-refractivity contribution >= 4 is 11.6 Å². The average molecular weight is 287 g/mol. The number of halogens is 5. The molecule has 0 aliphatic rings. The van der Waals surface area contributed by atoms with Gasteiger partial charge < -0.3 is 10.2 Å². The van der Waals surface area contributed by atoms with Gasteiger partial charge in [-0.1, -0.05) is 6.07 Å². The van der Waals surface area contributed by atoms with Gasteiger partial charge in [-0.2, -0.15) is 13.2 Å². The molecule has 0 aliphatic carbocycles. The lowest BCUT2D eigenvalue weighted by Crippen LogP contribution is -2.19. The highest BCUT2D eigenvalue weighted by Gasteiger charge is 2.34. The van der Waals surface area contributed by atoms with Gasteiger partial charge in [-0.25, -0.2) is 4.39 Å². The van der Waals surface area contributed by atoms with Crippen molar-refractivity contribution in [3.05, 3.63) is 35.1 Å². The molecule has 0 aromatic heterocycles. The van der Waals surface area contributed by atoms with Crippen LogP contribution in [0.5, 0.6) is 0 Å². The topological polar surface area (TPSA) is 40.5 Å². The Morgan fingerprint density at radius 3 is 2.28 bits per heavy atom. The van der Waals surface area contributed by atoms with Crippen molar-refractivity contribution in [1.29, 1.82) is 0 Å². The summed E-state index contributed by atoms with van der Waals surface area (Å²) >= 11 is 5.35. The van der Waals surface area contributed by atoms with Crippen molar-refractivity contribution in [3.63, 3.8) is 0 Å². The normalized spacial score (nSPS) is 15.5. The first-order chi connectivity index (χ1) is 8.27. The maximum atomic E-state index is 13.2. The lowest BCUT2D eigenvalue weighted by Gasteiger charge is -2.18. The van der Waals surface area contributed by atoms with Gasteiger partial charge in [0.2, 0.25) is 0 Å². The van der Waals surface area contributed by atoms with Gasteiger partial charge in [0.05, 0.1) is 11.7 Å². The Balaban J connectivity index is 2.97. The molecule has 0 saturated heterocycles. The molecular formula is C11H11ClF4O2. The van der Waals surface area contributed by atoms with E-state index < -0.39 is 29.8 Å². The van der Waals surface area contributed by atoms with Gasteiger partial charge in [-0.15, -0.1) is 11.6 Å². The second-order valence-electron chi connectivity index (χ2n) is 3.73. The van der Waals surface area contributed by atoms with Crippen molar-refractivity contribution in [3.8, 4) is 0 Å². The monoisotopic (exact) mass is 286 g/mol. The number of aliphatic hydroxyl groups is 2. The second-order valence-corrected chi connectivity index (χ2v) is 4.10. The second kappa shape index (κ2) is 5.86. The molecule has 0 bridgehead atoms.